The zero-order valence-corrected chi connectivity index (χ0v) is 11.2. The molecule has 6 heteroatoms. The fraction of sp³-hybridized carbons (Fsp3) is 0.308. The van der Waals surface area contributed by atoms with Gasteiger partial charge in [0.25, 0.3) is 0 Å². The van der Waals surface area contributed by atoms with Crippen molar-refractivity contribution in [2.24, 2.45) is 5.16 Å². The molecular weight excluding hydrogens is 244 g/mol. The van der Waals surface area contributed by atoms with Crippen molar-refractivity contribution < 1.29 is 9.57 Å². The summed E-state index contributed by atoms with van der Waals surface area (Å²) in [5.74, 6) is 1.23. The largest absolute Gasteiger partial charge is 0.399 e. The molecule has 1 N–H and O–H groups in total. The first-order chi connectivity index (χ1) is 9.26. The minimum absolute atomic E-state index is 0.488. The van der Waals surface area contributed by atoms with E-state index >= 15 is 0 Å². The number of rotatable bonds is 5. The highest BCUT2D eigenvalue weighted by Gasteiger charge is 2.16. The van der Waals surface area contributed by atoms with Crippen molar-refractivity contribution in [1.29, 1.82) is 0 Å². The van der Waals surface area contributed by atoms with E-state index in [1.807, 2.05) is 31.2 Å². The van der Waals surface area contributed by atoms with E-state index in [-0.39, 0.29) is 0 Å². The number of H-pyrrole nitrogens is 1. The van der Waals surface area contributed by atoms with Crippen LogP contribution in [0.5, 0.6) is 0 Å². The molecule has 1 aromatic heterocycles. The van der Waals surface area contributed by atoms with Gasteiger partial charge >= 0.3 is 0 Å². The third-order valence-electron chi connectivity index (χ3n) is 2.56. The van der Waals surface area contributed by atoms with Crippen LogP contribution in [0, 0.1) is 6.92 Å². The summed E-state index contributed by atoms with van der Waals surface area (Å²) in [6, 6.07) is 7.80. The summed E-state index contributed by atoms with van der Waals surface area (Å²) < 4.78 is 5.19. The molecule has 6 nitrogen and oxygen atoms in total. The van der Waals surface area contributed by atoms with E-state index in [0.29, 0.717) is 18.1 Å². The Morgan fingerprint density at radius 1 is 1.32 bits per heavy atom. The molecule has 2 rings (SSSR count). The van der Waals surface area contributed by atoms with Gasteiger partial charge in [-0.15, -0.1) is 0 Å². The van der Waals surface area contributed by atoms with E-state index in [4.69, 9.17) is 9.57 Å². The van der Waals surface area contributed by atoms with E-state index < -0.39 is 0 Å². The quantitative estimate of drug-likeness (QED) is 0.655. The first-order valence-electron chi connectivity index (χ1n) is 5.84. The number of methoxy groups -OCH3 is 1. The monoisotopic (exact) mass is 260 g/mol. The first-order valence-corrected chi connectivity index (χ1v) is 5.84. The van der Waals surface area contributed by atoms with Gasteiger partial charge in [-0.3, -0.25) is 5.10 Å². The molecule has 0 radical (unpaired) electrons. The molecule has 2 aromatic rings. The van der Waals surface area contributed by atoms with Crippen LogP contribution in [0.25, 0.3) is 0 Å². The topological polar surface area (TPSA) is 72.4 Å². The molecule has 0 aliphatic carbocycles. The smallest absolute Gasteiger partial charge is 0.203 e. The van der Waals surface area contributed by atoms with Crippen molar-refractivity contribution in [3.8, 4) is 0 Å². The molecule has 0 aliphatic rings. The predicted molar refractivity (Wildman–Crippen MR) is 70.9 cm³/mol. The maximum absolute atomic E-state index is 5.19. The Morgan fingerprint density at radius 2 is 2.11 bits per heavy atom. The molecule has 19 heavy (non-hydrogen) atoms. The summed E-state index contributed by atoms with van der Waals surface area (Å²) in [6.07, 6.45) is 0. The number of ether oxygens (including phenoxy) is 1. The highest BCUT2D eigenvalue weighted by atomic mass is 16.6. The number of aryl methyl sites for hydroxylation is 1. The van der Waals surface area contributed by atoms with Crippen LogP contribution in [0.2, 0.25) is 0 Å². The summed E-state index contributed by atoms with van der Waals surface area (Å²) in [7, 11) is 3.15. The van der Waals surface area contributed by atoms with Gasteiger partial charge in [-0.1, -0.05) is 29.4 Å². The Labute approximate surface area is 111 Å². The van der Waals surface area contributed by atoms with Gasteiger partial charge in [-0.25, -0.2) is 4.98 Å². The first kappa shape index (κ1) is 13.2. The van der Waals surface area contributed by atoms with Crippen LogP contribution in [0.3, 0.4) is 0 Å². The summed E-state index contributed by atoms with van der Waals surface area (Å²) in [6.45, 7) is 2.32. The maximum Gasteiger partial charge on any atom is 0.203 e. The van der Waals surface area contributed by atoms with Crippen molar-refractivity contribution in [1.82, 2.24) is 15.2 Å². The zero-order chi connectivity index (χ0) is 13.7. The standard InChI is InChI=1S/C13H16N4O2/c1-9-14-13(16-15-9)12(17-19-3)11-7-5-4-6-10(11)8-18-2/h4-7H,8H2,1-3H3,(H,14,15,16)/b17-12+. The van der Waals surface area contributed by atoms with Crippen LogP contribution in [0.1, 0.15) is 22.8 Å². The lowest BCUT2D eigenvalue weighted by Crippen LogP contribution is -2.10. The molecule has 1 aromatic carbocycles. The fourth-order valence-corrected chi connectivity index (χ4v) is 1.78. The number of hydrogen-bond donors (Lipinski definition) is 1. The second-order valence-electron chi connectivity index (χ2n) is 3.96. The van der Waals surface area contributed by atoms with E-state index in [1.165, 1.54) is 7.11 Å². The SMILES string of the molecule is COCc1ccccc1/C(=N\OC)c1n[nH]c(C)n1. The highest BCUT2D eigenvalue weighted by Crippen LogP contribution is 2.15. The second kappa shape index (κ2) is 6.10. The molecule has 0 atom stereocenters. The van der Waals surface area contributed by atoms with Gasteiger partial charge in [0, 0.05) is 12.7 Å². The van der Waals surface area contributed by atoms with Crippen LogP contribution in [-0.2, 0) is 16.2 Å². The predicted octanol–water partition coefficient (Wildman–Crippen LogP) is 1.66. The molecule has 0 amide bonds. The van der Waals surface area contributed by atoms with E-state index in [9.17, 15) is 0 Å². The molecule has 0 bridgehead atoms. The Bertz CT molecular complexity index is 578. The number of nitrogens with one attached hydrogen (secondary N) is 1. The van der Waals surface area contributed by atoms with Gasteiger partial charge in [-0.2, -0.15) is 5.10 Å². The van der Waals surface area contributed by atoms with Crippen molar-refractivity contribution in [2.75, 3.05) is 14.2 Å². The highest BCUT2D eigenvalue weighted by molar-refractivity contribution is 6.11. The summed E-state index contributed by atoms with van der Waals surface area (Å²) in [5.41, 5.74) is 2.48. The van der Waals surface area contributed by atoms with E-state index in [0.717, 1.165) is 17.0 Å². The van der Waals surface area contributed by atoms with Gasteiger partial charge in [0.2, 0.25) is 5.82 Å². The van der Waals surface area contributed by atoms with Gasteiger partial charge in [0.1, 0.15) is 12.9 Å². The molecule has 1 heterocycles. The summed E-state index contributed by atoms with van der Waals surface area (Å²) in [4.78, 5) is 9.20. The molecule has 0 spiro atoms. The average molecular weight is 260 g/mol. The van der Waals surface area contributed by atoms with Crippen molar-refractivity contribution in [2.45, 2.75) is 13.5 Å². The maximum atomic E-state index is 5.19. The fourth-order valence-electron chi connectivity index (χ4n) is 1.78. The Morgan fingerprint density at radius 3 is 2.74 bits per heavy atom. The average Bonchev–Trinajstić information content (AvgIpc) is 2.84. The Kier molecular flexibility index (Phi) is 4.25. The molecular formula is C13H16N4O2. The summed E-state index contributed by atoms with van der Waals surface area (Å²) in [5, 5.41) is 11.0. The number of benzene rings is 1. The molecule has 0 unspecified atom stereocenters. The third kappa shape index (κ3) is 2.97. The summed E-state index contributed by atoms with van der Waals surface area (Å²) >= 11 is 0. The van der Waals surface area contributed by atoms with E-state index in [1.54, 1.807) is 7.11 Å². The molecule has 0 saturated heterocycles. The van der Waals surface area contributed by atoms with Gasteiger partial charge in [-0.05, 0) is 12.5 Å². The minimum atomic E-state index is 0.488. The lowest BCUT2D eigenvalue weighted by atomic mass is 10.0. The van der Waals surface area contributed by atoms with Crippen molar-refractivity contribution in [3.63, 3.8) is 0 Å². The van der Waals surface area contributed by atoms with Gasteiger partial charge in [0.05, 0.1) is 6.61 Å². The van der Waals surface area contributed by atoms with Crippen LogP contribution < -0.4 is 0 Å². The molecule has 0 aliphatic heterocycles. The van der Waals surface area contributed by atoms with Crippen LogP contribution >= 0.6 is 0 Å². The number of nitrogens with zero attached hydrogens (tertiary/aromatic N) is 3. The number of aromatic nitrogens is 3. The lowest BCUT2D eigenvalue weighted by molar-refractivity contribution is 0.184. The third-order valence-corrected chi connectivity index (χ3v) is 2.56. The normalized spacial score (nSPS) is 11.6. The van der Waals surface area contributed by atoms with Crippen molar-refractivity contribution in [3.05, 3.63) is 47.0 Å². The second-order valence-corrected chi connectivity index (χ2v) is 3.96. The number of aromatic amines is 1. The van der Waals surface area contributed by atoms with Gasteiger partial charge in [0.15, 0.2) is 5.71 Å². The Balaban J connectivity index is 2.48. The van der Waals surface area contributed by atoms with Crippen LogP contribution in [0.4, 0.5) is 0 Å². The lowest BCUT2D eigenvalue weighted by Gasteiger charge is -2.08. The van der Waals surface area contributed by atoms with Gasteiger partial charge < -0.3 is 9.57 Å². The van der Waals surface area contributed by atoms with Crippen molar-refractivity contribution >= 4 is 5.71 Å². The number of hydrogen-bond acceptors (Lipinski definition) is 5. The molecule has 0 fully saturated rings. The molecule has 100 valence electrons. The molecule has 0 saturated carbocycles. The van der Waals surface area contributed by atoms with E-state index in [2.05, 4.69) is 20.3 Å². The van der Waals surface area contributed by atoms with Crippen LogP contribution in [0.15, 0.2) is 29.4 Å². The Hall–Kier alpha value is -2.21. The van der Waals surface area contributed by atoms with Crippen LogP contribution in [-0.4, -0.2) is 35.1 Å². The zero-order valence-electron chi connectivity index (χ0n) is 11.2. The minimum Gasteiger partial charge on any atom is -0.399 e. The number of oxime groups is 1.